The predicted molar refractivity (Wildman–Crippen MR) is 151 cm³/mol. The Morgan fingerprint density at radius 1 is 0.816 bits per heavy atom. The Kier molecular flexibility index (Phi) is 12.2. The van der Waals surface area contributed by atoms with Crippen LogP contribution in [-0.2, 0) is 16.0 Å². The quantitative estimate of drug-likeness (QED) is 0.196. The molecule has 1 aromatic heterocycles. The van der Waals surface area contributed by atoms with Crippen molar-refractivity contribution < 1.29 is 14.3 Å². The van der Waals surface area contributed by atoms with E-state index in [0.29, 0.717) is 69.5 Å². The third-order valence-electron chi connectivity index (χ3n) is 5.66. The lowest BCUT2D eigenvalue weighted by Crippen LogP contribution is -2.27. The molecule has 0 bridgehead atoms. The monoisotopic (exact) mass is 521 g/mol. The number of carbonyl (C=O) groups is 1. The van der Waals surface area contributed by atoms with Crippen molar-refractivity contribution >= 4 is 23.8 Å². The van der Waals surface area contributed by atoms with Crippen molar-refractivity contribution in [2.45, 2.75) is 39.8 Å². The van der Waals surface area contributed by atoms with E-state index in [1.807, 2.05) is 18.2 Å². The maximum atomic E-state index is 12.0. The van der Waals surface area contributed by atoms with Crippen LogP contribution in [0.2, 0.25) is 0 Å². The van der Waals surface area contributed by atoms with Gasteiger partial charge in [0.25, 0.3) is 5.91 Å². The van der Waals surface area contributed by atoms with E-state index >= 15 is 0 Å². The second kappa shape index (κ2) is 16.2. The molecule has 38 heavy (non-hydrogen) atoms. The van der Waals surface area contributed by atoms with Crippen LogP contribution < -0.4 is 21.3 Å². The summed E-state index contributed by atoms with van der Waals surface area (Å²) in [6, 6.07) is 17.7. The number of ether oxygens (including phenoxy) is 2. The van der Waals surface area contributed by atoms with Crippen molar-refractivity contribution in [1.82, 2.24) is 20.3 Å². The third kappa shape index (κ3) is 10.7. The second-order valence-corrected chi connectivity index (χ2v) is 8.87. The van der Waals surface area contributed by atoms with Crippen LogP contribution in [0.4, 0.5) is 17.8 Å². The van der Waals surface area contributed by atoms with Crippen molar-refractivity contribution in [2.24, 2.45) is 0 Å². The Balaban J connectivity index is 1.34. The van der Waals surface area contributed by atoms with E-state index in [1.165, 1.54) is 5.56 Å². The van der Waals surface area contributed by atoms with E-state index < -0.39 is 0 Å². The number of amides is 1. The van der Waals surface area contributed by atoms with Gasteiger partial charge in [0.2, 0.25) is 17.8 Å². The van der Waals surface area contributed by atoms with Gasteiger partial charge in [0.15, 0.2) is 0 Å². The molecule has 1 heterocycles. The third-order valence-corrected chi connectivity index (χ3v) is 5.66. The molecule has 10 nitrogen and oxygen atoms in total. The first-order valence-corrected chi connectivity index (χ1v) is 13.1. The summed E-state index contributed by atoms with van der Waals surface area (Å²) in [6.07, 6.45) is 0.954. The van der Waals surface area contributed by atoms with Gasteiger partial charge in [0, 0.05) is 31.2 Å². The van der Waals surface area contributed by atoms with Gasteiger partial charge in [-0.05, 0) is 38.0 Å². The number of aromatic nitrogens is 3. The van der Waals surface area contributed by atoms with Crippen LogP contribution in [0.15, 0.2) is 54.6 Å². The second-order valence-electron chi connectivity index (χ2n) is 8.87. The number of carbonyl (C=O) groups excluding carboxylic acids is 1. The lowest BCUT2D eigenvalue weighted by Gasteiger charge is -2.14. The minimum Gasteiger partial charge on any atom is -0.377 e. The maximum absolute atomic E-state index is 12.0. The van der Waals surface area contributed by atoms with E-state index in [9.17, 15) is 4.79 Å². The smallest absolute Gasteiger partial charge is 0.251 e. The summed E-state index contributed by atoms with van der Waals surface area (Å²) in [5, 5.41) is 12.6. The van der Waals surface area contributed by atoms with Gasteiger partial charge in [0.1, 0.15) is 0 Å². The fourth-order valence-corrected chi connectivity index (χ4v) is 3.29. The molecule has 3 aromatic rings. The number of rotatable bonds is 17. The normalized spacial score (nSPS) is 11.6. The minimum absolute atomic E-state index is 0.106. The van der Waals surface area contributed by atoms with Gasteiger partial charge in [0.05, 0.1) is 26.4 Å². The average Bonchev–Trinajstić information content (AvgIpc) is 2.94. The van der Waals surface area contributed by atoms with Crippen molar-refractivity contribution in [3.8, 4) is 0 Å². The molecule has 0 fully saturated rings. The standard InChI is InChI=1S/C28H39N7O3/c1-4-22(3)32-28-34-26(33-27(35-28)31-20-23-12-10-21(2)11-13-23)30-15-17-38-19-18-37-16-14-29-25(36)24-8-6-5-7-9-24/h5-13,22H,4,14-20H2,1-3H3,(H,29,36)(H3,30,31,32,33,34,35). The lowest BCUT2D eigenvalue weighted by atomic mass is 10.1. The zero-order valence-corrected chi connectivity index (χ0v) is 22.5. The molecule has 1 unspecified atom stereocenters. The van der Waals surface area contributed by atoms with Crippen LogP contribution in [0, 0.1) is 6.92 Å². The molecule has 0 aliphatic carbocycles. The van der Waals surface area contributed by atoms with Crippen molar-refractivity contribution in [1.29, 1.82) is 0 Å². The van der Waals surface area contributed by atoms with E-state index in [4.69, 9.17) is 9.47 Å². The highest BCUT2D eigenvalue weighted by Gasteiger charge is 2.09. The summed E-state index contributed by atoms with van der Waals surface area (Å²) in [7, 11) is 0. The van der Waals surface area contributed by atoms with Crippen molar-refractivity contribution in [3.63, 3.8) is 0 Å². The molecule has 0 saturated carbocycles. The van der Waals surface area contributed by atoms with Gasteiger partial charge in [-0.15, -0.1) is 0 Å². The molecule has 0 aliphatic heterocycles. The molecule has 0 radical (unpaired) electrons. The Morgan fingerprint density at radius 2 is 1.45 bits per heavy atom. The van der Waals surface area contributed by atoms with Gasteiger partial charge in [-0.2, -0.15) is 15.0 Å². The number of aryl methyl sites for hydroxylation is 1. The van der Waals surface area contributed by atoms with E-state index in [0.717, 1.165) is 12.0 Å². The molecule has 0 aliphatic rings. The van der Waals surface area contributed by atoms with Crippen LogP contribution >= 0.6 is 0 Å². The van der Waals surface area contributed by atoms with Gasteiger partial charge < -0.3 is 30.7 Å². The molecule has 204 valence electrons. The summed E-state index contributed by atoms with van der Waals surface area (Å²) < 4.78 is 11.2. The molecule has 1 atom stereocenters. The summed E-state index contributed by atoms with van der Waals surface area (Å²) in [5.41, 5.74) is 3.01. The number of anilines is 3. The number of nitrogens with one attached hydrogen (secondary N) is 4. The molecule has 1 amide bonds. The van der Waals surface area contributed by atoms with Gasteiger partial charge >= 0.3 is 0 Å². The predicted octanol–water partition coefficient (Wildman–Crippen LogP) is 3.88. The van der Waals surface area contributed by atoms with Crippen molar-refractivity contribution in [2.75, 3.05) is 55.5 Å². The van der Waals surface area contributed by atoms with Crippen LogP contribution in [-0.4, -0.2) is 66.4 Å². The maximum Gasteiger partial charge on any atom is 0.251 e. The zero-order valence-electron chi connectivity index (χ0n) is 22.5. The molecule has 10 heteroatoms. The fourth-order valence-electron chi connectivity index (χ4n) is 3.29. The molecular weight excluding hydrogens is 482 g/mol. The number of hydrogen-bond donors (Lipinski definition) is 4. The van der Waals surface area contributed by atoms with E-state index in [-0.39, 0.29) is 11.9 Å². The Labute approximate surface area is 225 Å². The Bertz CT molecular complexity index is 1100. The fraction of sp³-hybridized carbons (Fsp3) is 0.429. The number of benzene rings is 2. The van der Waals surface area contributed by atoms with Crippen LogP contribution in [0.1, 0.15) is 41.8 Å². The van der Waals surface area contributed by atoms with Gasteiger partial charge in [-0.3, -0.25) is 4.79 Å². The minimum atomic E-state index is -0.106. The SMILES string of the molecule is CCC(C)Nc1nc(NCCOCCOCCNC(=O)c2ccccc2)nc(NCc2ccc(C)cc2)n1. The largest absolute Gasteiger partial charge is 0.377 e. The summed E-state index contributed by atoms with van der Waals surface area (Å²) >= 11 is 0. The molecule has 3 rings (SSSR count). The Hall–Kier alpha value is -3.76. The summed E-state index contributed by atoms with van der Waals surface area (Å²) in [4.78, 5) is 25.5. The number of nitrogens with zero attached hydrogens (tertiary/aromatic N) is 3. The topological polar surface area (TPSA) is 122 Å². The van der Waals surface area contributed by atoms with Crippen LogP contribution in [0.5, 0.6) is 0 Å². The van der Waals surface area contributed by atoms with Crippen LogP contribution in [0.25, 0.3) is 0 Å². The van der Waals surface area contributed by atoms with Gasteiger partial charge in [-0.25, -0.2) is 0 Å². The molecule has 2 aromatic carbocycles. The highest BCUT2D eigenvalue weighted by molar-refractivity contribution is 5.94. The highest BCUT2D eigenvalue weighted by Crippen LogP contribution is 2.13. The first kappa shape index (κ1) is 28.8. The average molecular weight is 522 g/mol. The molecule has 0 spiro atoms. The number of hydrogen-bond acceptors (Lipinski definition) is 9. The van der Waals surface area contributed by atoms with E-state index in [2.05, 4.69) is 81.3 Å². The molecule has 4 N–H and O–H groups in total. The highest BCUT2D eigenvalue weighted by atomic mass is 16.5. The first-order chi connectivity index (χ1) is 18.5. The van der Waals surface area contributed by atoms with Crippen molar-refractivity contribution in [3.05, 3.63) is 71.3 Å². The molecular formula is C28H39N7O3. The molecule has 0 saturated heterocycles. The first-order valence-electron chi connectivity index (χ1n) is 13.1. The van der Waals surface area contributed by atoms with Crippen LogP contribution in [0.3, 0.4) is 0 Å². The summed E-state index contributed by atoms with van der Waals surface area (Å²) in [5.74, 6) is 1.40. The summed E-state index contributed by atoms with van der Waals surface area (Å²) in [6.45, 7) is 9.67. The zero-order chi connectivity index (χ0) is 27.0. The lowest BCUT2D eigenvalue weighted by molar-refractivity contribution is 0.0519. The van der Waals surface area contributed by atoms with E-state index in [1.54, 1.807) is 12.1 Å². The van der Waals surface area contributed by atoms with Gasteiger partial charge in [-0.1, -0.05) is 55.0 Å². The Morgan fingerprint density at radius 3 is 2.13 bits per heavy atom.